The predicted octanol–water partition coefficient (Wildman–Crippen LogP) is 10.9. The number of aryl methyl sites for hydroxylation is 1. The molecule has 0 saturated carbocycles. The van der Waals surface area contributed by atoms with Crippen LogP contribution < -0.4 is 14.2 Å². The second-order valence-corrected chi connectivity index (χ2v) is 12.0. The Labute approximate surface area is 300 Å². The molecule has 5 aromatic carbocycles. The lowest BCUT2D eigenvalue weighted by Gasteiger charge is -2.07. The Kier molecular flexibility index (Phi) is 18.8. The maximum Gasteiger partial charge on any atom is 0.127 e. The molecule has 3 fully saturated rings. The van der Waals surface area contributed by atoms with Gasteiger partial charge in [-0.05, 0) is 42.0 Å². The van der Waals surface area contributed by atoms with Gasteiger partial charge in [-0.15, -0.1) is 0 Å². The molecular weight excluding hydrogens is 624 g/mol. The van der Waals surface area contributed by atoms with Crippen molar-refractivity contribution in [3.05, 3.63) is 115 Å². The minimum Gasteiger partial charge on any atom is -0.491 e. The quantitative estimate of drug-likeness (QED) is 0.144. The summed E-state index contributed by atoms with van der Waals surface area (Å²) in [7, 11) is 0. The van der Waals surface area contributed by atoms with Gasteiger partial charge in [-0.2, -0.15) is 0 Å². The minimum absolute atomic E-state index is 0.309. The maximum absolute atomic E-state index is 5.72. The molecule has 8 rings (SSSR count). The lowest BCUT2D eigenvalue weighted by Crippen LogP contribution is -2.04. The molecule has 0 amide bonds. The van der Waals surface area contributed by atoms with Gasteiger partial charge in [0.05, 0.1) is 19.8 Å². The van der Waals surface area contributed by atoms with Crippen LogP contribution in [-0.2, 0) is 14.2 Å². The van der Waals surface area contributed by atoms with Crippen LogP contribution in [0.3, 0.4) is 0 Å². The van der Waals surface area contributed by atoms with Crippen LogP contribution in [0.4, 0.5) is 0 Å². The van der Waals surface area contributed by atoms with Crippen LogP contribution in [0.15, 0.2) is 109 Å². The fraction of sp³-hybridized carbons (Fsp3) is 0.409. The summed E-state index contributed by atoms with van der Waals surface area (Å²) in [5, 5.41) is 4.76. The van der Waals surface area contributed by atoms with Crippen molar-refractivity contribution in [3.63, 3.8) is 0 Å². The van der Waals surface area contributed by atoms with E-state index in [2.05, 4.69) is 71.0 Å². The lowest BCUT2D eigenvalue weighted by molar-refractivity contribution is 0.263. The first-order valence-corrected chi connectivity index (χ1v) is 18.3. The Bertz CT molecular complexity index is 1500. The van der Waals surface area contributed by atoms with Crippen LogP contribution in [0.1, 0.15) is 59.9 Å². The molecule has 3 atom stereocenters. The van der Waals surface area contributed by atoms with Crippen molar-refractivity contribution in [3.8, 4) is 17.2 Å². The van der Waals surface area contributed by atoms with Gasteiger partial charge >= 0.3 is 0 Å². The van der Waals surface area contributed by atoms with Crippen LogP contribution in [0, 0.1) is 6.92 Å². The summed E-state index contributed by atoms with van der Waals surface area (Å²) >= 11 is 0. The highest BCUT2D eigenvalue weighted by Crippen LogP contribution is 2.27. The Balaban J connectivity index is 0.000000185. The highest BCUT2D eigenvalue weighted by molar-refractivity contribution is 5.88. The fourth-order valence-corrected chi connectivity index (χ4v) is 4.33. The molecule has 3 aliphatic rings. The second kappa shape index (κ2) is 23.3. The largest absolute Gasteiger partial charge is 0.491 e. The third-order valence-corrected chi connectivity index (χ3v) is 7.01. The van der Waals surface area contributed by atoms with Gasteiger partial charge in [0.15, 0.2) is 0 Å². The molecule has 270 valence electrons. The summed E-state index contributed by atoms with van der Waals surface area (Å²) in [4.78, 5) is 0. The monoisotopic (exact) mass is 682 g/mol. The third-order valence-electron chi connectivity index (χ3n) is 7.01. The van der Waals surface area contributed by atoms with Gasteiger partial charge in [0, 0.05) is 10.8 Å². The van der Waals surface area contributed by atoms with E-state index in [1.54, 1.807) is 0 Å². The lowest BCUT2D eigenvalue weighted by atomic mass is 10.1. The molecule has 3 saturated heterocycles. The van der Waals surface area contributed by atoms with E-state index >= 15 is 0 Å². The average molecular weight is 683 g/mol. The average Bonchev–Trinajstić information content (AvgIpc) is 4.00. The summed E-state index contributed by atoms with van der Waals surface area (Å²) in [6.45, 7) is 19.1. The van der Waals surface area contributed by atoms with Gasteiger partial charge in [0.1, 0.15) is 55.4 Å². The third kappa shape index (κ3) is 15.6. The van der Waals surface area contributed by atoms with Crippen molar-refractivity contribution in [1.29, 1.82) is 0 Å². The Hall–Kier alpha value is -4.10. The summed E-state index contributed by atoms with van der Waals surface area (Å²) < 4.78 is 32.2. The molecule has 0 aromatic heterocycles. The van der Waals surface area contributed by atoms with E-state index in [1.807, 2.05) is 86.6 Å². The van der Waals surface area contributed by atoms with Gasteiger partial charge in [-0.1, -0.05) is 145 Å². The van der Waals surface area contributed by atoms with Crippen molar-refractivity contribution in [1.82, 2.24) is 0 Å². The van der Waals surface area contributed by atoms with Crippen molar-refractivity contribution in [2.24, 2.45) is 0 Å². The van der Waals surface area contributed by atoms with E-state index < -0.39 is 0 Å². The first kappa shape index (κ1) is 40.3. The molecule has 0 N–H and O–H groups in total. The summed E-state index contributed by atoms with van der Waals surface area (Å²) in [5.41, 5.74) is 1.25. The van der Waals surface area contributed by atoms with Gasteiger partial charge in [0.25, 0.3) is 0 Å². The number of hydrogen-bond donors (Lipinski definition) is 0. The molecule has 3 unspecified atom stereocenters. The van der Waals surface area contributed by atoms with Gasteiger partial charge in [0.2, 0.25) is 0 Å². The van der Waals surface area contributed by atoms with E-state index in [-0.39, 0.29) is 0 Å². The normalized spacial score (nSPS) is 17.2. The molecule has 3 heterocycles. The van der Waals surface area contributed by atoms with Crippen LogP contribution in [-0.4, -0.2) is 58.0 Å². The minimum atomic E-state index is 0.309. The van der Waals surface area contributed by atoms with Gasteiger partial charge in [-0.3, -0.25) is 0 Å². The van der Waals surface area contributed by atoms with Crippen molar-refractivity contribution >= 4 is 21.5 Å². The summed E-state index contributed by atoms with van der Waals surface area (Å²) in [6, 6.07) is 36.8. The standard InChI is InChI=1S/2C13H12O2.C10H12O2.2C3H8.C2H6/c2*1-2-6-12-10(4-1)5-3-7-13(12)15-9-11-8-14-11;1-8-2-4-9(5-3-8)11-6-10-7-12-10;2*1-3-2;1-2/h2*1-7,11H,8-9H2;2-5,10H,6-7H2,1H3;2*3H2,1-2H3;1-2H3. The van der Waals surface area contributed by atoms with Crippen molar-refractivity contribution in [2.75, 3.05) is 39.6 Å². The Morgan fingerprint density at radius 3 is 1.20 bits per heavy atom. The zero-order chi connectivity index (χ0) is 36.0. The SMILES string of the molecule is CC.CCC.CCC.Cc1ccc(OCC2CO2)cc1.c1ccc2c(OCC3CO3)cccc2c1.c1ccc2c(OCC3CO3)cccc2c1. The Morgan fingerprint density at radius 2 is 0.820 bits per heavy atom. The van der Waals surface area contributed by atoms with E-state index in [0.717, 1.165) is 37.1 Å². The molecule has 6 heteroatoms. The molecule has 0 radical (unpaired) electrons. The van der Waals surface area contributed by atoms with Crippen LogP contribution in [0.5, 0.6) is 17.2 Å². The second-order valence-electron chi connectivity index (χ2n) is 12.0. The molecule has 5 aromatic rings. The molecule has 0 bridgehead atoms. The number of ether oxygens (including phenoxy) is 6. The summed E-state index contributed by atoms with van der Waals surface area (Å²) in [5.74, 6) is 2.82. The molecule has 3 aliphatic heterocycles. The maximum atomic E-state index is 5.72. The van der Waals surface area contributed by atoms with E-state index in [4.69, 9.17) is 28.4 Å². The van der Waals surface area contributed by atoms with Crippen LogP contribution >= 0.6 is 0 Å². The zero-order valence-corrected chi connectivity index (χ0v) is 31.2. The van der Waals surface area contributed by atoms with Crippen molar-refractivity contribution < 1.29 is 28.4 Å². The first-order valence-electron chi connectivity index (χ1n) is 18.3. The number of rotatable bonds is 9. The number of benzene rings is 5. The number of fused-ring (bicyclic) bond motifs is 2. The van der Waals surface area contributed by atoms with E-state index in [9.17, 15) is 0 Å². The van der Waals surface area contributed by atoms with Crippen LogP contribution in [0.2, 0.25) is 0 Å². The molecule has 0 aliphatic carbocycles. The Morgan fingerprint density at radius 1 is 0.480 bits per heavy atom. The molecule has 0 spiro atoms. The van der Waals surface area contributed by atoms with Gasteiger partial charge in [-0.25, -0.2) is 0 Å². The molecule has 6 nitrogen and oxygen atoms in total. The van der Waals surface area contributed by atoms with E-state index in [1.165, 1.54) is 39.9 Å². The van der Waals surface area contributed by atoms with Crippen molar-refractivity contribution in [2.45, 2.75) is 79.6 Å². The smallest absolute Gasteiger partial charge is 0.127 e. The highest BCUT2D eigenvalue weighted by Gasteiger charge is 2.24. The first-order chi connectivity index (χ1) is 24.5. The summed E-state index contributed by atoms with van der Waals surface area (Å²) in [6.07, 6.45) is 3.46. The van der Waals surface area contributed by atoms with Crippen LogP contribution in [0.25, 0.3) is 21.5 Å². The van der Waals surface area contributed by atoms with E-state index in [0.29, 0.717) is 38.1 Å². The number of hydrogen-bond acceptors (Lipinski definition) is 6. The molecular formula is C44H58O6. The number of epoxide rings is 3. The fourth-order valence-electron chi connectivity index (χ4n) is 4.33. The zero-order valence-electron chi connectivity index (χ0n) is 31.2. The molecule has 50 heavy (non-hydrogen) atoms. The predicted molar refractivity (Wildman–Crippen MR) is 208 cm³/mol. The topological polar surface area (TPSA) is 65.3 Å². The highest BCUT2D eigenvalue weighted by atomic mass is 16.6. The van der Waals surface area contributed by atoms with Gasteiger partial charge < -0.3 is 28.4 Å².